The first-order valence-corrected chi connectivity index (χ1v) is 13.2. The Bertz CT molecular complexity index is 1220. The molecule has 3 aliphatic heterocycles. The summed E-state index contributed by atoms with van der Waals surface area (Å²) in [7, 11) is 0. The number of hydrogen-bond donors (Lipinski definition) is 4. The van der Waals surface area contributed by atoms with Gasteiger partial charge in [0.05, 0.1) is 6.10 Å². The minimum atomic E-state index is -1.75. The maximum absolute atomic E-state index is 13.4. The van der Waals surface area contributed by atoms with E-state index in [-0.39, 0.29) is 37.0 Å². The summed E-state index contributed by atoms with van der Waals surface area (Å²) in [5.74, 6) is -1.95. The Morgan fingerprint density at radius 3 is 2.53 bits per heavy atom. The van der Waals surface area contributed by atoms with Crippen LogP contribution in [0.2, 0.25) is 5.02 Å². The molecule has 3 aliphatic rings. The molecule has 1 spiro atoms. The molecule has 4 N–H and O–H groups in total. The van der Waals surface area contributed by atoms with Gasteiger partial charge in [0.25, 0.3) is 0 Å². The average Bonchev–Trinajstić information content (AvgIpc) is 3.22. The van der Waals surface area contributed by atoms with E-state index in [4.69, 9.17) is 11.6 Å². The number of likely N-dealkylation sites (tertiary alicyclic amines) is 2. The first-order chi connectivity index (χ1) is 18.1. The number of hydrogen-bond acceptors (Lipinski definition) is 6. The lowest BCUT2D eigenvalue weighted by Crippen LogP contribution is -2.64. The highest BCUT2D eigenvalue weighted by Gasteiger charge is 2.48. The largest absolute Gasteiger partial charge is 0.389 e. The minimum Gasteiger partial charge on any atom is -0.389 e. The lowest BCUT2D eigenvalue weighted by Gasteiger charge is -2.46. The molecule has 0 bridgehead atoms. The van der Waals surface area contributed by atoms with Crippen molar-refractivity contribution in [3.05, 3.63) is 70.3 Å². The number of nitrogens with one attached hydrogen (secondary N) is 1. The summed E-state index contributed by atoms with van der Waals surface area (Å²) in [6.07, 6.45) is 1.73. The minimum absolute atomic E-state index is 0.000656. The normalized spacial score (nSPS) is 25.9. The maximum atomic E-state index is 13.4. The summed E-state index contributed by atoms with van der Waals surface area (Å²) < 4.78 is 26.7. The highest BCUT2D eigenvalue weighted by atomic mass is 35.5. The van der Waals surface area contributed by atoms with E-state index in [0.29, 0.717) is 5.02 Å². The number of carbonyl (C=O) groups is 1. The zero-order chi connectivity index (χ0) is 27.1. The fourth-order valence-electron chi connectivity index (χ4n) is 5.97. The number of benzene rings is 2. The number of aliphatic hydroxyl groups excluding tert-OH is 2. The van der Waals surface area contributed by atoms with Gasteiger partial charge in [0.1, 0.15) is 23.3 Å². The zero-order valence-corrected chi connectivity index (χ0v) is 21.7. The van der Waals surface area contributed by atoms with Crippen LogP contribution in [-0.2, 0) is 10.2 Å². The Morgan fingerprint density at radius 2 is 1.84 bits per heavy atom. The summed E-state index contributed by atoms with van der Waals surface area (Å²) in [6.45, 7) is 2.49. The first-order valence-electron chi connectivity index (χ1n) is 12.9. The summed E-state index contributed by atoms with van der Waals surface area (Å²) in [6, 6.07) is 8.90. The van der Waals surface area contributed by atoms with E-state index in [1.807, 2.05) is 12.1 Å². The zero-order valence-electron chi connectivity index (χ0n) is 20.9. The molecule has 3 heterocycles. The highest BCUT2D eigenvalue weighted by Crippen LogP contribution is 2.45. The SMILES string of the molecule is O=C(/C=C/c1cc(F)cc(F)c1)N1CC[C@@](O)([C@@H](O)CN2CCC3(CC2)CNc2cc(Cl)ccc23)[C@H](O)C1. The van der Waals surface area contributed by atoms with Gasteiger partial charge >= 0.3 is 0 Å². The summed E-state index contributed by atoms with van der Waals surface area (Å²) in [5.41, 5.74) is 0.810. The molecule has 1 amide bonds. The van der Waals surface area contributed by atoms with E-state index in [0.717, 1.165) is 56.4 Å². The molecule has 0 aliphatic carbocycles. The summed E-state index contributed by atoms with van der Waals surface area (Å²) >= 11 is 6.14. The Hall–Kier alpha value is -2.56. The number of rotatable bonds is 5. The molecule has 10 heteroatoms. The van der Waals surface area contributed by atoms with E-state index in [9.17, 15) is 28.9 Å². The number of amides is 1. The van der Waals surface area contributed by atoms with Crippen molar-refractivity contribution in [3.63, 3.8) is 0 Å². The second-order valence-corrected chi connectivity index (χ2v) is 11.2. The third-order valence-electron chi connectivity index (χ3n) is 8.36. The number of nitrogens with zero attached hydrogens (tertiary/aromatic N) is 2. The van der Waals surface area contributed by atoms with E-state index >= 15 is 0 Å². The standard InChI is InChI=1S/C28H32ClF2N3O4/c29-19-2-3-22-23(13-19)32-17-27(22)5-8-33(9-6-27)15-24(35)28(38)7-10-34(16-25(28)36)26(37)4-1-18-11-20(30)14-21(31)12-18/h1-4,11-14,24-25,32,35-36,38H,5-10,15-17H2/b4-1+/t24-,25+,28+/m0/s1. The van der Waals surface area contributed by atoms with Crippen molar-refractivity contribution in [3.8, 4) is 0 Å². The molecule has 7 nitrogen and oxygen atoms in total. The van der Waals surface area contributed by atoms with Gasteiger partial charge in [-0.05, 0) is 73.8 Å². The van der Waals surface area contributed by atoms with Crippen molar-refractivity contribution >= 4 is 29.3 Å². The van der Waals surface area contributed by atoms with Crippen molar-refractivity contribution in [2.45, 2.75) is 42.5 Å². The van der Waals surface area contributed by atoms with Gasteiger partial charge in [0, 0.05) is 54.4 Å². The second kappa shape index (κ2) is 10.5. The third kappa shape index (κ3) is 5.31. The highest BCUT2D eigenvalue weighted by molar-refractivity contribution is 6.30. The van der Waals surface area contributed by atoms with Crippen molar-refractivity contribution < 1.29 is 28.9 Å². The fourth-order valence-corrected chi connectivity index (χ4v) is 6.14. The number of β-amino-alcohol motifs (C(OH)–C–C–N with tert-alkyl or cyclic N) is 2. The third-order valence-corrected chi connectivity index (χ3v) is 8.59. The molecular weight excluding hydrogens is 516 g/mol. The van der Waals surface area contributed by atoms with Crippen molar-refractivity contribution in [2.75, 3.05) is 44.6 Å². The molecule has 38 heavy (non-hydrogen) atoms. The van der Waals surface area contributed by atoms with Crippen LogP contribution >= 0.6 is 11.6 Å². The van der Waals surface area contributed by atoms with E-state index < -0.39 is 35.4 Å². The van der Waals surface area contributed by atoms with Crippen LogP contribution in [0.1, 0.15) is 30.4 Å². The quantitative estimate of drug-likeness (QED) is 0.430. The fraction of sp³-hybridized carbons (Fsp3) is 0.464. The first kappa shape index (κ1) is 27.0. The van der Waals surface area contributed by atoms with Crippen LogP contribution in [-0.4, -0.2) is 88.1 Å². The number of aliphatic hydroxyl groups is 3. The molecule has 2 fully saturated rings. The Balaban J connectivity index is 1.15. The Labute approximate surface area is 225 Å². The van der Waals surface area contributed by atoms with Crippen LogP contribution < -0.4 is 5.32 Å². The smallest absolute Gasteiger partial charge is 0.246 e. The summed E-state index contributed by atoms with van der Waals surface area (Å²) in [4.78, 5) is 16.0. The van der Waals surface area contributed by atoms with E-state index in [2.05, 4.69) is 16.3 Å². The van der Waals surface area contributed by atoms with Crippen LogP contribution in [0.3, 0.4) is 0 Å². The van der Waals surface area contributed by atoms with Crippen molar-refractivity contribution in [2.24, 2.45) is 0 Å². The average molecular weight is 548 g/mol. The van der Waals surface area contributed by atoms with Gasteiger partial charge in [-0.2, -0.15) is 0 Å². The molecule has 0 radical (unpaired) electrons. The van der Waals surface area contributed by atoms with Crippen LogP contribution in [0.25, 0.3) is 6.08 Å². The molecular formula is C28H32ClF2N3O4. The number of fused-ring (bicyclic) bond motifs is 2. The van der Waals surface area contributed by atoms with Gasteiger partial charge in [-0.3, -0.25) is 4.79 Å². The molecule has 5 rings (SSSR count). The molecule has 0 aromatic heterocycles. The second-order valence-electron chi connectivity index (χ2n) is 10.7. The predicted octanol–water partition coefficient (Wildman–Crippen LogP) is 2.78. The van der Waals surface area contributed by atoms with E-state index in [1.54, 1.807) is 0 Å². The monoisotopic (exact) mass is 547 g/mol. The number of carbonyl (C=O) groups excluding carboxylic acids is 1. The van der Waals surface area contributed by atoms with Crippen LogP contribution in [0, 0.1) is 11.6 Å². The van der Waals surface area contributed by atoms with Crippen LogP contribution in [0.4, 0.5) is 14.5 Å². The van der Waals surface area contributed by atoms with Gasteiger partial charge in [-0.25, -0.2) is 8.78 Å². The predicted molar refractivity (Wildman–Crippen MR) is 141 cm³/mol. The molecule has 0 unspecified atom stereocenters. The molecule has 2 aromatic rings. The lowest BCUT2D eigenvalue weighted by atomic mass is 9.74. The molecule has 3 atom stereocenters. The Kier molecular flexibility index (Phi) is 7.50. The van der Waals surface area contributed by atoms with Gasteiger partial charge in [0.2, 0.25) is 5.91 Å². The molecule has 2 aromatic carbocycles. The maximum Gasteiger partial charge on any atom is 0.246 e. The van der Waals surface area contributed by atoms with Gasteiger partial charge in [-0.1, -0.05) is 17.7 Å². The molecule has 2 saturated heterocycles. The number of halogens is 3. The van der Waals surface area contributed by atoms with Crippen LogP contribution in [0.15, 0.2) is 42.5 Å². The van der Waals surface area contributed by atoms with Crippen LogP contribution in [0.5, 0.6) is 0 Å². The molecule has 0 saturated carbocycles. The topological polar surface area (TPSA) is 96.3 Å². The number of piperidine rings is 2. The lowest BCUT2D eigenvalue weighted by molar-refractivity contribution is -0.183. The molecule has 204 valence electrons. The van der Waals surface area contributed by atoms with E-state index in [1.165, 1.54) is 22.6 Å². The number of anilines is 1. The summed E-state index contributed by atoms with van der Waals surface area (Å²) in [5, 5.41) is 37.0. The van der Waals surface area contributed by atoms with Gasteiger partial charge < -0.3 is 30.4 Å². The van der Waals surface area contributed by atoms with Gasteiger partial charge in [-0.15, -0.1) is 0 Å². The van der Waals surface area contributed by atoms with Crippen molar-refractivity contribution in [1.82, 2.24) is 9.80 Å². The Morgan fingerprint density at radius 1 is 1.13 bits per heavy atom. The van der Waals surface area contributed by atoms with Gasteiger partial charge in [0.15, 0.2) is 0 Å². The van der Waals surface area contributed by atoms with Crippen molar-refractivity contribution in [1.29, 1.82) is 0 Å².